The third-order valence-electron chi connectivity index (χ3n) is 6.70. The maximum absolute atomic E-state index is 13.4. The lowest BCUT2D eigenvalue weighted by Crippen LogP contribution is -2.50. The van der Waals surface area contributed by atoms with Crippen molar-refractivity contribution in [3.05, 3.63) is 39.9 Å². The van der Waals surface area contributed by atoms with E-state index in [4.69, 9.17) is 9.47 Å². The highest BCUT2D eigenvalue weighted by atomic mass is 19.4. The first kappa shape index (κ1) is 31.5. The number of carbonyl (C=O) groups is 1. The van der Waals surface area contributed by atoms with Gasteiger partial charge in [0, 0.05) is 51.2 Å². The van der Waals surface area contributed by atoms with Gasteiger partial charge in [-0.25, -0.2) is 15.1 Å². The molecule has 2 atom stereocenters. The molecule has 0 radical (unpaired) electrons. The summed E-state index contributed by atoms with van der Waals surface area (Å²) in [5.74, 6) is -0.288. The van der Waals surface area contributed by atoms with E-state index in [1.807, 2.05) is 25.9 Å². The summed E-state index contributed by atoms with van der Waals surface area (Å²) in [6.07, 6.45) is -7.96. The van der Waals surface area contributed by atoms with Crippen LogP contribution in [-0.2, 0) is 26.6 Å². The summed E-state index contributed by atoms with van der Waals surface area (Å²) in [5, 5.41) is 5.72. The number of carbonyl (C=O) groups excluding carboxylic acids is 1. The molecule has 2 aromatic rings. The van der Waals surface area contributed by atoms with Crippen molar-refractivity contribution in [1.29, 1.82) is 0 Å². The van der Waals surface area contributed by atoms with Gasteiger partial charge in [-0.1, -0.05) is 0 Å². The number of aromatic nitrogens is 4. The summed E-state index contributed by atoms with van der Waals surface area (Å²) in [6, 6.07) is 0.203. The number of halogens is 6. The number of nitrogens with zero attached hydrogens (tertiary/aromatic N) is 6. The monoisotopic (exact) mass is 607 g/mol. The van der Waals surface area contributed by atoms with Gasteiger partial charge in [0.1, 0.15) is 18.0 Å². The van der Waals surface area contributed by atoms with Crippen molar-refractivity contribution < 1.29 is 40.6 Å². The summed E-state index contributed by atoms with van der Waals surface area (Å²) in [6.45, 7) is 6.59. The molecule has 0 bridgehead atoms. The number of hydrogen-bond donors (Lipinski definition) is 1. The van der Waals surface area contributed by atoms with Crippen LogP contribution in [0.25, 0.3) is 0 Å². The fraction of sp³-hybridized carbons (Fsp3) is 0.640. The lowest BCUT2D eigenvalue weighted by molar-refractivity contribution is -0.139. The second-order valence-corrected chi connectivity index (χ2v) is 11.0. The molecule has 1 N–H and O–H groups in total. The molecule has 2 aliphatic rings. The normalized spacial score (nSPS) is 20.4. The third kappa shape index (κ3) is 7.87. The highest BCUT2D eigenvalue weighted by Crippen LogP contribution is 2.32. The molecule has 4 heterocycles. The molecule has 232 valence electrons. The van der Waals surface area contributed by atoms with Crippen LogP contribution in [0.4, 0.5) is 38.1 Å². The standard InChI is InChI=1S/C25H31F6N7O4/c1-23(2,3)42-17-8-16(38(12-17)19-9-18(25(29,30)31)21(40)35-34-19)13-41-14-20(39)36-4-6-37(7-5-36)22-32-10-15(11-33-22)24(26,27)28/h9-11,16-17H,4-8,12-14H2,1-3H3,(H,35,40)/t16-,17-/m0/s1. The van der Waals surface area contributed by atoms with Crippen molar-refractivity contribution in [1.82, 2.24) is 25.1 Å². The number of piperazine rings is 1. The van der Waals surface area contributed by atoms with E-state index in [2.05, 4.69) is 15.1 Å². The number of anilines is 2. The van der Waals surface area contributed by atoms with Gasteiger partial charge < -0.3 is 24.2 Å². The summed E-state index contributed by atoms with van der Waals surface area (Å²) >= 11 is 0. The average Bonchev–Trinajstić information content (AvgIpc) is 3.28. The van der Waals surface area contributed by atoms with Gasteiger partial charge in [-0.2, -0.15) is 31.4 Å². The molecule has 0 aromatic carbocycles. The smallest absolute Gasteiger partial charge is 0.371 e. The molecular formula is C25H31F6N7O4. The van der Waals surface area contributed by atoms with E-state index in [-0.39, 0.29) is 56.6 Å². The Morgan fingerprint density at radius 2 is 1.67 bits per heavy atom. The second kappa shape index (κ2) is 12.0. The van der Waals surface area contributed by atoms with Crippen LogP contribution in [0.5, 0.6) is 0 Å². The van der Waals surface area contributed by atoms with Crippen molar-refractivity contribution in [3.8, 4) is 0 Å². The molecule has 2 fully saturated rings. The molecule has 0 unspecified atom stereocenters. The molecule has 0 saturated carbocycles. The van der Waals surface area contributed by atoms with Crippen molar-refractivity contribution in [3.63, 3.8) is 0 Å². The predicted molar refractivity (Wildman–Crippen MR) is 137 cm³/mol. The Morgan fingerprint density at radius 1 is 1.02 bits per heavy atom. The van der Waals surface area contributed by atoms with Gasteiger partial charge in [0.2, 0.25) is 11.9 Å². The summed E-state index contributed by atoms with van der Waals surface area (Å²) in [4.78, 5) is 36.8. The van der Waals surface area contributed by atoms with Gasteiger partial charge in [0.05, 0.1) is 29.9 Å². The zero-order valence-corrected chi connectivity index (χ0v) is 23.1. The molecule has 1 amide bonds. The topological polar surface area (TPSA) is 117 Å². The number of alkyl halides is 6. The van der Waals surface area contributed by atoms with Crippen LogP contribution in [0.1, 0.15) is 38.3 Å². The van der Waals surface area contributed by atoms with Crippen LogP contribution >= 0.6 is 0 Å². The van der Waals surface area contributed by atoms with Crippen LogP contribution in [0.3, 0.4) is 0 Å². The maximum Gasteiger partial charge on any atom is 0.421 e. The minimum Gasteiger partial charge on any atom is -0.371 e. The first-order valence-electron chi connectivity index (χ1n) is 13.1. The van der Waals surface area contributed by atoms with Gasteiger partial charge >= 0.3 is 12.4 Å². The van der Waals surface area contributed by atoms with Gasteiger partial charge in [0.15, 0.2) is 0 Å². The Kier molecular flexibility index (Phi) is 9.01. The number of amides is 1. The van der Waals surface area contributed by atoms with Crippen molar-refractivity contribution in [2.75, 3.05) is 55.7 Å². The Hall–Kier alpha value is -3.47. The third-order valence-corrected chi connectivity index (χ3v) is 6.70. The number of rotatable bonds is 7. The molecular weight excluding hydrogens is 576 g/mol. The van der Waals surface area contributed by atoms with Crippen LogP contribution < -0.4 is 15.4 Å². The van der Waals surface area contributed by atoms with E-state index in [0.717, 1.165) is 0 Å². The van der Waals surface area contributed by atoms with Crippen molar-refractivity contribution in [2.24, 2.45) is 0 Å². The van der Waals surface area contributed by atoms with Crippen LogP contribution in [0, 0.1) is 0 Å². The number of H-pyrrole nitrogens is 1. The van der Waals surface area contributed by atoms with Crippen molar-refractivity contribution in [2.45, 2.75) is 57.3 Å². The van der Waals surface area contributed by atoms with Gasteiger partial charge in [-0.3, -0.25) is 9.59 Å². The summed E-state index contributed by atoms with van der Waals surface area (Å²) in [5.41, 5.74) is -4.20. The van der Waals surface area contributed by atoms with E-state index in [1.165, 1.54) is 4.90 Å². The maximum atomic E-state index is 13.4. The van der Waals surface area contributed by atoms with E-state index in [0.29, 0.717) is 38.0 Å². The number of ether oxygens (including phenoxy) is 2. The lowest BCUT2D eigenvalue weighted by Gasteiger charge is -2.34. The molecule has 2 saturated heterocycles. The minimum absolute atomic E-state index is 0.0166. The van der Waals surface area contributed by atoms with Crippen molar-refractivity contribution >= 4 is 17.7 Å². The SMILES string of the molecule is CC(C)(C)O[C@H]1C[C@@H](COCC(=O)N2CCN(c3ncc(C(F)(F)F)cn3)CC2)N(c2cc(C(F)(F)F)c(=O)[nH]n2)C1. The van der Waals surface area contributed by atoms with Gasteiger partial charge in [-0.15, -0.1) is 0 Å². The van der Waals surface area contributed by atoms with Gasteiger partial charge in [-0.05, 0) is 27.2 Å². The van der Waals surface area contributed by atoms with Crippen LogP contribution in [0.15, 0.2) is 23.3 Å². The van der Waals surface area contributed by atoms with E-state index < -0.39 is 40.7 Å². The number of hydrogen-bond acceptors (Lipinski definition) is 9. The molecule has 2 aliphatic heterocycles. The van der Waals surface area contributed by atoms with E-state index in [1.54, 1.807) is 9.80 Å². The first-order valence-corrected chi connectivity index (χ1v) is 13.1. The lowest BCUT2D eigenvalue weighted by atomic mass is 10.1. The molecule has 42 heavy (non-hydrogen) atoms. The Morgan fingerprint density at radius 3 is 2.24 bits per heavy atom. The highest BCUT2D eigenvalue weighted by molar-refractivity contribution is 5.77. The fourth-order valence-electron chi connectivity index (χ4n) is 4.81. The Labute approximate surface area is 236 Å². The Bertz CT molecular complexity index is 1290. The quantitative estimate of drug-likeness (QED) is 0.475. The molecule has 11 nitrogen and oxygen atoms in total. The highest BCUT2D eigenvalue weighted by Gasteiger charge is 2.39. The fourth-order valence-corrected chi connectivity index (χ4v) is 4.81. The van der Waals surface area contributed by atoms with Gasteiger partial charge in [0.25, 0.3) is 5.56 Å². The zero-order chi connectivity index (χ0) is 30.9. The molecule has 0 spiro atoms. The molecule has 17 heteroatoms. The van der Waals surface area contributed by atoms with E-state index in [9.17, 15) is 35.9 Å². The van der Waals surface area contributed by atoms with E-state index >= 15 is 0 Å². The second-order valence-electron chi connectivity index (χ2n) is 11.0. The number of aromatic amines is 1. The number of nitrogens with one attached hydrogen (secondary N) is 1. The molecule has 2 aromatic heterocycles. The molecule has 4 rings (SSSR count). The summed E-state index contributed by atoms with van der Waals surface area (Å²) in [7, 11) is 0. The minimum atomic E-state index is -4.87. The van der Waals surface area contributed by atoms with Crippen LogP contribution in [-0.4, -0.2) is 94.7 Å². The first-order chi connectivity index (χ1) is 19.5. The Balaban J connectivity index is 1.34. The molecule has 0 aliphatic carbocycles. The summed E-state index contributed by atoms with van der Waals surface area (Å²) < 4.78 is 90.0. The average molecular weight is 608 g/mol. The predicted octanol–water partition coefficient (Wildman–Crippen LogP) is 2.73. The largest absolute Gasteiger partial charge is 0.421 e. The zero-order valence-electron chi connectivity index (χ0n) is 23.1. The van der Waals surface area contributed by atoms with Crippen LogP contribution in [0.2, 0.25) is 0 Å².